The van der Waals surface area contributed by atoms with Gasteiger partial charge in [-0.1, -0.05) is 32.3 Å². The number of anilines is 1. The van der Waals surface area contributed by atoms with Gasteiger partial charge < -0.3 is 5.32 Å². The van der Waals surface area contributed by atoms with Gasteiger partial charge in [0.1, 0.15) is 0 Å². The van der Waals surface area contributed by atoms with Gasteiger partial charge in [0.2, 0.25) is 0 Å². The Morgan fingerprint density at radius 2 is 2.21 bits per heavy atom. The largest absolute Gasteiger partial charge is 0.382 e. The second kappa shape index (κ2) is 6.04. The summed E-state index contributed by atoms with van der Waals surface area (Å²) in [6.45, 7) is 4.23. The Labute approximate surface area is 114 Å². The molecule has 0 amide bonds. The lowest BCUT2D eigenvalue weighted by Crippen LogP contribution is -2.27. The summed E-state index contributed by atoms with van der Waals surface area (Å²) in [5.41, 5.74) is 2.15. The van der Waals surface area contributed by atoms with Crippen LogP contribution in [0.15, 0.2) is 18.2 Å². The van der Waals surface area contributed by atoms with E-state index in [9.17, 15) is 10.1 Å². The first-order valence-corrected chi connectivity index (χ1v) is 7.11. The third-order valence-electron chi connectivity index (χ3n) is 4.15. The topological polar surface area (TPSA) is 55.2 Å². The first-order chi connectivity index (χ1) is 9.10. The molecule has 0 aromatic heterocycles. The number of aryl methyl sites for hydroxylation is 1. The highest BCUT2D eigenvalue weighted by atomic mass is 16.6. The molecule has 104 valence electrons. The number of benzene rings is 1. The maximum absolute atomic E-state index is 10.8. The smallest absolute Gasteiger partial charge is 0.271 e. The monoisotopic (exact) mass is 262 g/mol. The molecule has 19 heavy (non-hydrogen) atoms. The molecule has 1 N–H and O–H groups in total. The molecule has 0 bridgehead atoms. The zero-order valence-electron chi connectivity index (χ0n) is 11.7. The van der Waals surface area contributed by atoms with Crippen LogP contribution in [0, 0.1) is 23.0 Å². The normalized spacial score (nSPS) is 23.1. The standard InChI is InChI=1S/C15H22N2O2/c1-3-12-5-4-6-13(9-12)16-15-10-14(17(18)19)8-7-11(15)2/h7-8,10,12-13,16H,3-6,9H2,1-2H3. The van der Waals surface area contributed by atoms with Gasteiger partial charge in [0.05, 0.1) is 4.92 Å². The van der Waals surface area contributed by atoms with Crippen molar-refractivity contribution in [2.24, 2.45) is 5.92 Å². The number of hydrogen-bond acceptors (Lipinski definition) is 3. The van der Waals surface area contributed by atoms with Crippen LogP contribution < -0.4 is 5.32 Å². The molecule has 4 heteroatoms. The number of non-ortho nitro benzene ring substituents is 1. The van der Waals surface area contributed by atoms with Gasteiger partial charge >= 0.3 is 0 Å². The molecule has 1 aromatic carbocycles. The number of nitrogens with one attached hydrogen (secondary N) is 1. The van der Waals surface area contributed by atoms with Crippen molar-refractivity contribution in [3.63, 3.8) is 0 Å². The van der Waals surface area contributed by atoms with E-state index < -0.39 is 0 Å². The summed E-state index contributed by atoms with van der Waals surface area (Å²) < 4.78 is 0. The maximum atomic E-state index is 10.8. The highest BCUT2D eigenvalue weighted by Gasteiger charge is 2.21. The highest BCUT2D eigenvalue weighted by molar-refractivity contribution is 5.57. The fourth-order valence-electron chi connectivity index (χ4n) is 2.89. The van der Waals surface area contributed by atoms with E-state index in [-0.39, 0.29) is 10.6 Å². The summed E-state index contributed by atoms with van der Waals surface area (Å²) in [6.07, 6.45) is 6.15. The molecule has 0 radical (unpaired) electrons. The van der Waals surface area contributed by atoms with Gasteiger partial charge in [-0.05, 0) is 31.2 Å². The van der Waals surface area contributed by atoms with Crippen molar-refractivity contribution in [3.05, 3.63) is 33.9 Å². The van der Waals surface area contributed by atoms with Crippen LogP contribution in [0.2, 0.25) is 0 Å². The SMILES string of the molecule is CCC1CCCC(Nc2cc([N+](=O)[O-])ccc2C)C1. The highest BCUT2D eigenvalue weighted by Crippen LogP contribution is 2.30. The Bertz CT molecular complexity index is 459. The minimum Gasteiger partial charge on any atom is -0.382 e. The predicted octanol–water partition coefficient (Wildman–Crippen LogP) is 4.28. The Balaban J connectivity index is 2.09. The Hall–Kier alpha value is -1.58. The first kappa shape index (κ1) is 13.8. The molecule has 0 aliphatic heterocycles. The minimum absolute atomic E-state index is 0.163. The molecule has 1 saturated carbocycles. The van der Waals surface area contributed by atoms with E-state index in [0.717, 1.165) is 17.2 Å². The van der Waals surface area contributed by atoms with Gasteiger partial charge in [0.25, 0.3) is 5.69 Å². The average Bonchev–Trinajstić information content (AvgIpc) is 2.41. The molecular formula is C15H22N2O2. The van der Waals surface area contributed by atoms with E-state index >= 15 is 0 Å². The van der Waals surface area contributed by atoms with Crippen LogP contribution in [0.5, 0.6) is 0 Å². The van der Waals surface area contributed by atoms with Crippen LogP contribution in [0.25, 0.3) is 0 Å². The van der Waals surface area contributed by atoms with Crippen LogP contribution >= 0.6 is 0 Å². The Morgan fingerprint density at radius 3 is 2.89 bits per heavy atom. The van der Waals surface area contributed by atoms with E-state index in [0.29, 0.717) is 6.04 Å². The van der Waals surface area contributed by atoms with Crippen molar-refractivity contribution >= 4 is 11.4 Å². The van der Waals surface area contributed by atoms with E-state index in [2.05, 4.69) is 12.2 Å². The molecule has 2 unspecified atom stereocenters. The third kappa shape index (κ3) is 3.46. The predicted molar refractivity (Wildman–Crippen MR) is 77.5 cm³/mol. The van der Waals surface area contributed by atoms with E-state index in [4.69, 9.17) is 0 Å². The fourth-order valence-corrected chi connectivity index (χ4v) is 2.89. The van der Waals surface area contributed by atoms with Crippen molar-refractivity contribution < 1.29 is 4.92 Å². The molecule has 2 rings (SSSR count). The second-order valence-electron chi connectivity index (χ2n) is 5.54. The van der Waals surface area contributed by atoms with E-state index in [1.165, 1.54) is 32.1 Å². The summed E-state index contributed by atoms with van der Waals surface area (Å²) >= 11 is 0. The number of nitro benzene ring substituents is 1. The van der Waals surface area contributed by atoms with Gasteiger partial charge in [-0.3, -0.25) is 10.1 Å². The molecule has 1 aromatic rings. The molecular weight excluding hydrogens is 240 g/mol. The van der Waals surface area contributed by atoms with E-state index in [1.54, 1.807) is 12.1 Å². The van der Waals surface area contributed by atoms with Gasteiger partial charge in [0, 0.05) is 23.9 Å². The number of hydrogen-bond donors (Lipinski definition) is 1. The lowest BCUT2D eigenvalue weighted by Gasteiger charge is -2.30. The summed E-state index contributed by atoms with van der Waals surface area (Å²) in [5.74, 6) is 0.797. The van der Waals surface area contributed by atoms with Crippen molar-refractivity contribution in [1.82, 2.24) is 0 Å². The number of rotatable bonds is 4. The van der Waals surface area contributed by atoms with Crippen molar-refractivity contribution in [2.45, 2.75) is 52.0 Å². The fraction of sp³-hybridized carbons (Fsp3) is 0.600. The average molecular weight is 262 g/mol. The lowest BCUT2D eigenvalue weighted by atomic mass is 9.84. The van der Waals surface area contributed by atoms with Crippen molar-refractivity contribution in [1.29, 1.82) is 0 Å². The molecule has 2 atom stereocenters. The molecule has 0 heterocycles. The first-order valence-electron chi connectivity index (χ1n) is 7.11. The number of nitrogens with zero attached hydrogens (tertiary/aromatic N) is 1. The summed E-state index contributed by atoms with van der Waals surface area (Å²) in [6, 6.07) is 5.50. The van der Waals surface area contributed by atoms with Gasteiger partial charge in [0.15, 0.2) is 0 Å². The quantitative estimate of drug-likeness (QED) is 0.650. The Kier molecular flexibility index (Phi) is 4.40. The number of nitro groups is 1. The molecule has 0 spiro atoms. The lowest BCUT2D eigenvalue weighted by molar-refractivity contribution is -0.384. The molecule has 1 aliphatic carbocycles. The van der Waals surface area contributed by atoms with Crippen molar-refractivity contribution in [2.75, 3.05) is 5.32 Å². The third-order valence-corrected chi connectivity index (χ3v) is 4.15. The zero-order valence-corrected chi connectivity index (χ0v) is 11.7. The van der Waals surface area contributed by atoms with E-state index in [1.807, 2.05) is 13.0 Å². The maximum Gasteiger partial charge on any atom is 0.271 e. The van der Waals surface area contributed by atoms with Crippen LogP contribution in [-0.4, -0.2) is 11.0 Å². The Morgan fingerprint density at radius 1 is 1.42 bits per heavy atom. The molecule has 1 aliphatic rings. The van der Waals surface area contributed by atoms with Crippen LogP contribution in [0.3, 0.4) is 0 Å². The zero-order chi connectivity index (χ0) is 13.8. The second-order valence-corrected chi connectivity index (χ2v) is 5.54. The van der Waals surface area contributed by atoms with Crippen LogP contribution in [0.4, 0.5) is 11.4 Å². The van der Waals surface area contributed by atoms with Gasteiger partial charge in [-0.15, -0.1) is 0 Å². The molecule has 0 saturated heterocycles. The molecule has 1 fully saturated rings. The van der Waals surface area contributed by atoms with Gasteiger partial charge in [-0.25, -0.2) is 0 Å². The summed E-state index contributed by atoms with van der Waals surface area (Å²) in [7, 11) is 0. The molecule has 4 nitrogen and oxygen atoms in total. The minimum atomic E-state index is -0.333. The van der Waals surface area contributed by atoms with Gasteiger partial charge in [-0.2, -0.15) is 0 Å². The van der Waals surface area contributed by atoms with Crippen molar-refractivity contribution in [3.8, 4) is 0 Å². The summed E-state index contributed by atoms with van der Waals surface area (Å²) in [4.78, 5) is 10.5. The van der Waals surface area contributed by atoms with Crippen LogP contribution in [-0.2, 0) is 0 Å². The van der Waals surface area contributed by atoms with Crippen LogP contribution in [0.1, 0.15) is 44.6 Å². The summed E-state index contributed by atoms with van der Waals surface area (Å²) in [5, 5.41) is 14.3.